The Morgan fingerprint density at radius 3 is 2.65 bits per heavy atom. The van der Waals surface area contributed by atoms with Crippen LogP contribution >= 0.6 is 0 Å². The molecule has 0 spiro atoms. The van der Waals surface area contributed by atoms with E-state index in [-0.39, 0.29) is 16.6 Å². The first-order valence-electron chi connectivity index (χ1n) is 5.45. The van der Waals surface area contributed by atoms with Crippen LogP contribution in [0, 0.1) is 17.0 Å². The average Bonchev–Trinajstić information content (AvgIpc) is 2.35. The first-order valence-corrected chi connectivity index (χ1v) is 5.45. The van der Waals surface area contributed by atoms with E-state index in [0.29, 0.717) is 10.1 Å². The summed E-state index contributed by atoms with van der Waals surface area (Å²) >= 11 is 0. The Balaban J connectivity index is 2.89. The average molecular weight is 279 g/mol. The van der Waals surface area contributed by atoms with Gasteiger partial charge in [-0.3, -0.25) is 19.7 Å². The molecule has 1 aromatic carbocycles. The van der Waals surface area contributed by atoms with Gasteiger partial charge in [-0.1, -0.05) is 0 Å². The molecular formula is C11H9N3O6. The fourth-order valence-electron chi connectivity index (χ4n) is 1.90. The zero-order valence-corrected chi connectivity index (χ0v) is 10.2. The molecule has 0 unspecified atom stereocenters. The van der Waals surface area contributed by atoms with Gasteiger partial charge >= 0.3 is 11.7 Å². The van der Waals surface area contributed by atoms with E-state index in [1.165, 1.54) is 13.0 Å². The maximum Gasteiger partial charge on any atom is 0.329 e. The highest BCUT2D eigenvalue weighted by Gasteiger charge is 2.16. The molecule has 1 aromatic heterocycles. The van der Waals surface area contributed by atoms with Gasteiger partial charge in [-0.2, -0.15) is 0 Å². The smallest absolute Gasteiger partial charge is 0.329 e. The van der Waals surface area contributed by atoms with E-state index in [1.54, 1.807) is 0 Å². The van der Waals surface area contributed by atoms with Crippen molar-refractivity contribution in [2.45, 2.75) is 13.5 Å². The van der Waals surface area contributed by atoms with Gasteiger partial charge in [0, 0.05) is 12.1 Å². The van der Waals surface area contributed by atoms with Crippen molar-refractivity contribution >= 4 is 22.6 Å². The Hall–Kier alpha value is -2.97. The molecule has 2 aromatic rings. The molecule has 1 heterocycles. The van der Waals surface area contributed by atoms with Gasteiger partial charge < -0.3 is 10.1 Å². The molecular weight excluding hydrogens is 270 g/mol. The van der Waals surface area contributed by atoms with Gasteiger partial charge in [-0.25, -0.2) is 9.36 Å². The molecule has 2 rings (SSSR count). The fourth-order valence-corrected chi connectivity index (χ4v) is 1.90. The number of aromatic amines is 1. The second kappa shape index (κ2) is 4.61. The highest BCUT2D eigenvalue weighted by Crippen LogP contribution is 2.20. The largest absolute Gasteiger partial charge is 0.480 e. The van der Waals surface area contributed by atoms with E-state index in [9.17, 15) is 24.5 Å². The normalized spacial score (nSPS) is 10.7. The summed E-state index contributed by atoms with van der Waals surface area (Å²) in [5.41, 5.74) is -1.54. The molecule has 2 N–H and O–H groups in total. The number of carboxylic acid groups (broad SMARTS) is 1. The number of non-ortho nitro benzene ring substituents is 1. The number of aromatic nitrogens is 2. The molecule has 0 saturated carbocycles. The van der Waals surface area contributed by atoms with Crippen molar-refractivity contribution in [1.82, 2.24) is 9.55 Å². The first-order chi connectivity index (χ1) is 9.31. The molecule has 0 aliphatic carbocycles. The van der Waals surface area contributed by atoms with Crippen LogP contribution in [0.5, 0.6) is 0 Å². The Morgan fingerprint density at radius 2 is 2.10 bits per heavy atom. The topological polar surface area (TPSA) is 135 Å². The molecule has 0 bridgehead atoms. The summed E-state index contributed by atoms with van der Waals surface area (Å²) in [5, 5.41) is 19.3. The Labute approximate surface area is 110 Å². The number of nitrogens with zero attached hydrogens (tertiary/aromatic N) is 2. The first kappa shape index (κ1) is 13.5. The fraction of sp³-hybridized carbons (Fsp3) is 0.182. The van der Waals surface area contributed by atoms with Crippen molar-refractivity contribution in [3.8, 4) is 0 Å². The molecule has 9 nitrogen and oxygen atoms in total. The van der Waals surface area contributed by atoms with E-state index in [4.69, 9.17) is 5.11 Å². The summed E-state index contributed by atoms with van der Waals surface area (Å²) in [4.78, 5) is 46.8. The van der Waals surface area contributed by atoms with Gasteiger partial charge in [0.2, 0.25) is 0 Å². The van der Waals surface area contributed by atoms with Crippen LogP contribution in [-0.4, -0.2) is 25.6 Å². The van der Waals surface area contributed by atoms with Gasteiger partial charge in [0.1, 0.15) is 6.54 Å². The van der Waals surface area contributed by atoms with Crippen LogP contribution < -0.4 is 11.2 Å². The minimum absolute atomic E-state index is 0.0995. The monoisotopic (exact) mass is 279 g/mol. The number of benzene rings is 1. The zero-order chi connectivity index (χ0) is 15.0. The van der Waals surface area contributed by atoms with E-state index < -0.39 is 28.7 Å². The third kappa shape index (κ3) is 2.16. The number of rotatable bonds is 3. The highest BCUT2D eigenvalue weighted by atomic mass is 16.6. The number of nitro benzene ring substituents is 1. The second-order valence-electron chi connectivity index (χ2n) is 4.16. The lowest BCUT2D eigenvalue weighted by molar-refractivity contribution is -0.384. The highest BCUT2D eigenvalue weighted by molar-refractivity contribution is 5.83. The van der Waals surface area contributed by atoms with Gasteiger partial charge in [0.05, 0.1) is 15.8 Å². The number of carboxylic acids is 1. The Morgan fingerprint density at radius 1 is 1.45 bits per heavy atom. The molecule has 104 valence electrons. The van der Waals surface area contributed by atoms with E-state index in [1.807, 2.05) is 0 Å². The number of nitro groups is 1. The number of fused-ring (bicyclic) bond motifs is 1. The van der Waals surface area contributed by atoms with E-state index in [2.05, 4.69) is 4.98 Å². The van der Waals surface area contributed by atoms with Crippen LogP contribution in [0.2, 0.25) is 0 Å². The van der Waals surface area contributed by atoms with Gasteiger partial charge in [-0.05, 0) is 12.5 Å². The second-order valence-corrected chi connectivity index (χ2v) is 4.16. The minimum Gasteiger partial charge on any atom is -0.480 e. The quantitative estimate of drug-likeness (QED) is 0.599. The van der Waals surface area contributed by atoms with Gasteiger partial charge in [-0.15, -0.1) is 0 Å². The van der Waals surface area contributed by atoms with Crippen LogP contribution in [0.15, 0.2) is 21.7 Å². The van der Waals surface area contributed by atoms with E-state index >= 15 is 0 Å². The summed E-state index contributed by atoms with van der Waals surface area (Å²) in [7, 11) is 0. The van der Waals surface area contributed by atoms with Crippen molar-refractivity contribution < 1.29 is 14.8 Å². The predicted octanol–water partition coefficient (Wildman–Crippen LogP) is -0.00898. The lowest BCUT2D eigenvalue weighted by Gasteiger charge is -2.05. The number of hydrogen-bond acceptors (Lipinski definition) is 5. The lowest BCUT2D eigenvalue weighted by atomic mass is 10.1. The predicted molar refractivity (Wildman–Crippen MR) is 67.9 cm³/mol. The van der Waals surface area contributed by atoms with Gasteiger partial charge in [0.25, 0.3) is 11.2 Å². The molecule has 0 aliphatic heterocycles. The van der Waals surface area contributed by atoms with Crippen LogP contribution in [0.4, 0.5) is 5.69 Å². The SMILES string of the molecule is Cc1cc([N+](=O)[O-])cc2c(=O)n(CC(=O)O)c(=O)[nH]c12. The summed E-state index contributed by atoms with van der Waals surface area (Å²) in [6.45, 7) is 0.693. The Bertz CT molecular complexity index is 848. The van der Waals surface area contributed by atoms with Crippen LogP contribution in [0.25, 0.3) is 10.9 Å². The number of H-pyrrole nitrogens is 1. The molecule has 0 atom stereocenters. The third-order valence-corrected chi connectivity index (χ3v) is 2.78. The minimum atomic E-state index is -1.36. The van der Waals surface area contributed by atoms with Crippen molar-refractivity contribution in [3.05, 3.63) is 48.6 Å². The lowest BCUT2D eigenvalue weighted by Crippen LogP contribution is -2.37. The molecule has 0 fully saturated rings. The van der Waals surface area contributed by atoms with Crippen LogP contribution in [0.1, 0.15) is 5.56 Å². The summed E-state index contributed by atoms with van der Waals surface area (Å²) in [6.07, 6.45) is 0. The molecule has 0 aliphatic rings. The zero-order valence-electron chi connectivity index (χ0n) is 10.2. The maximum atomic E-state index is 12.1. The summed E-state index contributed by atoms with van der Waals surface area (Å²) < 4.78 is 0.480. The van der Waals surface area contributed by atoms with Crippen molar-refractivity contribution in [2.75, 3.05) is 0 Å². The molecule has 20 heavy (non-hydrogen) atoms. The molecule has 0 saturated heterocycles. The van der Waals surface area contributed by atoms with Crippen molar-refractivity contribution in [1.29, 1.82) is 0 Å². The van der Waals surface area contributed by atoms with Gasteiger partial charge in [0.15, 0.2) is 0 Å². The number of carbonyl (C=O) groups is 1. The standard InChI is InChI=1S/C11H9N3O6/c1-5-2-6(14(19)20)3-7-9(5)12-11(18)13(10(7)17)4-8(15)16/h2-3H,4H2,1H3,(H,12,18)(H,15,16). The van der Waals surface area contributed by atoms with Crippen molar-refractivity contribution in [2.24, 2.45) is 0 Å². The molecule has 0 radical (unpaired) electrons. The summed E-state index contributed by atoms with van der Waals surface area (Å²) in [5.74, 6) is -1.36. The third-order valence-electron chi connectivity index (χ3n) is 2.78. The van der Waals surface area contributed by atoms with E-state index in [0.717, 1.165) is 6.07 Å². The van der Waals surface area contributed by atoms with Crippen LogP contribution in [0.3, 0.4) is 0 Å². The summed E-state index contributed by atoms with van der Waals surface area (Å²) in [6, 6.07) is 2.23. The number of aryl methyl sites for hydroxylation is 1. The number of aliphatic carboxylic acids is 1. The Kier molecular flexibility index (Phi) is 3.10. The molecule has 0 amide bonds. The maximum absolute atomic E-state index is 12.1. The van der Waals surface area contributed by atoms with Crippen LogP contribution in [-0.2, 0) is 11.3 Å². The number of hydrogen-bond donors (Lipinski definition) is 2. The number of nitrogens with one attached hydrogen (secondary N) is 1. The molecule has 9 heteroatoms. The van der Waals surface area contributed by atoms with Crippen molar-refractivity contribution in [3.63, 3.8) is 0 Å².